The SMILES string of the molecule is CNc1cc(-c2ccncc2F)ncn1. The third-order valence-electron chi connectivity index (χ3n) is 1.97. The van der Waals surface area contributed by atoms with Crippen molar-refractivity contribution in [2.24, 2.45) is 0 Å². The van der Waals surface area contributed by atoms with Crippen molar-refractivity contribution in [1.82, 2.24) is 15.0 Å². The monoisotopic (exact) mass is 204 g/mol. The molecule has 15 heavy (non-hydrogen) atoms. The molecule has 0 aliphatic heterocycles. The Balaban J connectivity index is 2.49. The van der Waals surface area contributed by atoms with Crippen LogP contribution in [0, 0.1) is 5.82 Å². The molecular weight excluding hydrogens is 195 g/mol. The molecule has 0 aliphatic rings. The van der Waals surface area contributed by atoms with Crippen molar-refractivity contribution in [2.75, 3.05) is 12.4 Å². The number of aromatic nitrogens is 3. The molecule has 0 aromatic carbocycles. The van der Waals surface area contributed by atoms with Crippen molar-refractivity contribution < 1.29 is 4.39 Å². The first-order valence-corrected chi connectivity index (χ1v) is 4.41. The molecule has 2 rings (SSSR count). The minimum Gasteiger partial charge on any atom is -0.373 e. The topological polar surface area (TPSA) is 50.7 Å². The molecule has 2 aromatic heterocycles. The van der Waals surface area contributed by atoms with Gasteiger partial charge in [0.25, 0.3) is 0 Å². The summed E-state index contributed by atoms with van der Waals surface area (Å²) in [5, 5.41) is 2.87. The lowest BCUT2D eigenvalue weighted by molar-refractivity contribution is 0.624. The molecule has 0 aliphatic carbocycles. The summed E-state index contributed by atoms with van der Waals surface area (Å²) < 4.78 is 13.4. The fourth-order valence-corrected chi connectivity index (χ4v) is 1.22. The number of anilines is 1. The molecule has 0 atom stereocenters. The maximum absolute atomic E-state index is 13.4. The Bertz CT molecular complexity index is 472. The number of pyridine rings is 1. The molecule has 0 fully saturated rings. The van der Waals surface area contributed by atoms with Gasteiger partial charge in [0.15, 0.2) is 5.82 Å². The number of nitrogens with zero attached hydrogens (tertiary/aromatic N) is 3. The van der Waals surface area contributed by atoms with Crippen molar-refractivity contribution in [3.63, 3.8) is 0 Å². The van der Waals surface area contributed by atoms with E-state index in [4.69, 9.17) is 0 Å². The Morgan fingerprint density at radius 3 is 2.93 bits per heavy atom. The molecule has 76 valence electrons. The molecule has 0 unspecified atom stereocenters. The van der Waals surface area contributed by atoms with Gasteiger partial charge in [0.2, 0.25) is 0 Å². The van der Waals surface area contributed by atoms with Crippen LogP contribution < -0.4 is 5.32 Å². The van der Waals surface area contributed by atoms with Crippen LogP contribution in [0.5, 0.6) is 0 Å². The van der Waals surface area contributed by atoms with Crippen LogP contribution in [0.15, 0.2) is 30.9 Å². The molecule has 0 spiro atoms. The Kier molecular flexibility index (Phi) is 2.53. The molecule has 2 heterocycles. The van der Waals surface area contributed by atoms with Crippen molar-refractivity contribution in [2.45, 2.75) is 0 Å². The highest BCUT2D eigenvalue weighted by Gasteiger charge is 2.06. The molecule has 1 N–H and O–H groups in total. The summed E-state index contributed by atoms with van der Waals surface area (Å²) in [5.74, 6) is 0.259. The highest BCUT2D eigenvalue weighted by atomic mass is 19.1. The lowest BCUT2D eigenvalue weighted by Gasteiger charge is -2.03. The number of hydrogen-bond donors (Lipinski definition) is 1. The lowest BCUT2D eigenvalue weighted by atomic mass is 10.2. The van der Waals surface area contributed by atoms with E-state index in [2.05, 4.69) is 20.3 Å². The van der Waals surface area contributed by atoms with E-state index in [9.17, 15) is 4.39 Å². The zero-order chi connectivity index (χ0) is 10.7. The molecule has 0 bridgehead atoms. The first-order chi connectivity index (χ1) is 7.31. The molecule has 0 saturated heterocycles. The Labute approximate surface area is 86.2 Å². The predicted octanol–water partition coefficient (Wildman–Crippen LogP) is 1.72. The fourth-order valence-electron chi connectivity index (χ4n) is 1.22. The maximum Gasteiger partial charge on any atom is 0.150 e. The van der Waals surface area contributed by atoms with Crippen LogP contribution in [0.4, 0.5) is 10.2 Å². The summed E-state index contributed by atoms with van der Waals surface area (Å²) >= 11 is 0. The van der Waals surface area contributed by atoms with Crippen LogP contribution in [-0.4, -0.2) is 22.0 Å². The zero-order valence-electron chi connectivity index (χ0n) is 8.11. The summed E-state index contributed by atoms with van der Waals surface area (Å²) in [6.45, 7) is 0. The smallest absolute Gasteiger partial charge is 0.150 e. The van der Waals surface area contributed by atoms with Gasteiger partial charge in [-0.15, -0.1) is 0 Å². The first kappa shape index (κ1) is 9.51. The van der Waals surface area contributed by atoms with Crippen LogP contribution in [0.25, 0.3) is 11.3 Å². The van der Waals surface area contributed by atoms with Crippen LogP contribution in [0.1, 0.15) is 0 Å². The van der Waals surface area contributed by atoms with Crippen LogP contribution in [-0.2, 0) is 0 Å². The third kappa shape index (κ3) is 1.90. The van der Waals surface area contributed by atoms with Gasteiger partial charge in [-0.25, -0.2) is 14.4 Å². The standard InChI is InChI=1S/C10H9FN4/c1-12-10-4-9(14-6-15-10)7-2-3-13-5-8(7)11/h2-6H,1H3,(H,12,14,15). The minimum atomic E-state index is -0.391. The summed E-state index contributed by atoms with van der Waals surface area (Å²) in [6, 6.07) is 3.26. The van der Waals surface area contributed by atoms with E-state index in [1.807, 2.05) is 0 Å². The van der Waals surface area contributed by atoms with Crippen LogP contribution >= 0.6 is 0 Å². The second-order valence-corrected chi connectivity index (χ2v) is 2.89. The highest BCUT2D eigenvalue weighted by Crippen LogP contribution is 2.20. The van der Waals surface area contributed by atoms with Gasteiger partial charge in [0.1, 0.15) is 12.1 Å². The van der Waals surface area contributed by atoms with Crippen molar-refractivity contribution in [3.05, 3.63) is 36.7 Å². The largest absolute Gasteiger partial charge is 0.373 e. The molecule has 5 heteroatoms. The molecule has 0 saturated carbocycles. The second-order valence-electron chi connectivity index (χ2n) is 2.89. The Morgan fingerprint density at radius 1 is 1.33 bits per heavy atom. The normalized spacial score (nSPS) is 10.0. The highest BCUT2D eigenvalue weighted by molar-refractivity contribution is 5.61. The molecule has 0 amide bonds. The van der Waals surface area contributed by atoms with E-state index in [0.717, 1.165) is 6.20 Å². The molecule has 2 aromatic rings. The lowest BCUT2D eigenvalue weighted by Crippen LogP contribution is -1.95. The van der Waals surface area contributed by atoms with Gasteiger partial charge >= 0.3 is 0 Å². The quantitative estimate of drug-likeness (QED) is 0.809. The number of hydrogen-bond acceptors (Lipinski definition) is 4. The van der Waals surface area contributed by atoms with E-state index in [-0.39, 0.29) is 0 Å². The van der Waals surface area contributed by atoms with Gasteiger partial charge in [-0.1, -0.05) is 0 Å². The third-order valence-corrected chi connectivity index (χ3v) is 1.97. The Hall–Kier alpha value is -2.04. The number of nitrogens with one attached hydrogen (secondary N) is 1. The van der Waals surface area contributed by atoms with Gasteiger partial charge in [-0.2, -0.15) is 0 Å². The zero-order valence-corrected chi connectivity index (χ0v) is 8.11. The fraction of sp³-hybridized carbons (Fsp3) is 0.100. The maximum atomic E-state index is 13.4. The minimum absolute atomic E-state index is 0.391. The van der Waals surface area contributed by atoms with E-state index in [1.54, 1.807) is 19.2 Å². The summed E-state index contributed by atoms with van der Waals surface area (Å²) in [7, 11) is 1.75. The predicted molar refractivity (Wildman–Crippen MR) is 54.8 cm³/mol. The van der Waals surface area contributed by atoms with E-state index >= 15 is 0 Å². The second kappa shape index (κ2) is 4.00. The van der Waals surface area contributed by atoms with Gasteiger partial charge in [0.05, 0.1) is 11.9 Å². The molecule has 4 nitrogen and oxygen atoms in total. The average Bonchev–Trinajstić information content (AvgIpc) is 2.30. The van der Waals surface area contributed by atoms with E-state index in [1.165, 1.54) is 12.5 Å². The van der Waals surface area contributed by atoms with Crippen molar-refractivity contribution in [3.8, 4) is 11.3 Å². The van der Waals surface area contributed by atoms with Gasteiger partial charge in [-0.05, 0) is 6.07 Å². The van der Waals surface area contributed by atoms with Gasteiger partial charge < -0.3 is 5.32 Å². The summed E-state index contributed by atoms with van der Waals surface area (Å²) in [4.78, 5) is 11.6. The van der Waals surface area contributed by atoms with E-state index in [0.29, 0.717) is 17.1 Å². The molecule has 0 radical (unpaired) electrons. The van der Waals surface area contributed by atoms with Crippen molar-refractivity contribution >= 4 is 5.82 Å². The summed E-state index contributed by atoms with van der Waals surface area (Å²) in [5.41, 5.74) is 0.957. The van der Waals surface area contributed by atoms with Gasteiger partial charge in [0, 0.05) is 24.9 Å². The van der Waals surface area contributed by atoms with Crippen LogP contribution in [0.2, 0.25) is 0 Å². The average molecular weight is 204 g/mol. The van der Waals surface area contributed by atoms with Crippen LogP contribution in [0.3, 0.4) is 0 Å². The number of rotatable bonds is 2. The van der Waals surface area contributed by atoms with E-state index < -0.39 is 5.82 Å². The summed E-state index contributed by atoms with van der Waals surface area (Å²) in [6.07, 6.45) is 4.08. The first-order valence-electron chi connectivity index (χ1n) is 4.41. The van der Waals surface area contributed by atoms with Crippen molar-refractivity contribution in [1.29, 1.82) is 0 Å². The number of halogens is 1. The molecular formula is C10H9FN4. The Morgan fingerprint density at radius 2 is 2.20 bits per heavy atom. The van der Waals surface area contributed by atoms with Gasteiger partial charge in [-0.3, -0.25) is 4.98 Å².